The summed E-state index contributed by atoms with van der Waals surface area (Å²) in [7, 11) is -0.647. The molecule has 16 heteroatoms. The number of sulfonamides is 1. The first-order valence-electron chi connectivity index (χ1n) is 19.1. The Labute approximate surface area is 346 Å². The molecule has 0 saturated carbocycles. The quantitative estimate of drug-likeness (QED) is 0.0556. The second kappa shape index (κ2) is 18.5. The molecule has 1 aromatic heterocycles. The summed E-state index contributed by atoms with van der Waals surface area (Å²) < 4.78 is 61.9. The summed E-state index contributed by atoms with van der Waals surface area (Å²) in [5.74, 6) is -1.60. The van der Waals surface area contributed by atoms with Crippen molar-refractivity contribution in [2.75, 3.05) is 67.5 Å². The highest BCUT2D eigenvalue weighted by Gasteiger charge is 2.28. The van der Waals surface area contributed by atoms with Crippen molar-refractivity contribution in [3.05, 3.63) is 143 Å². The van der Waals surface area contributed by atoms with Crippen LogP contribution in [0.2, 0.25) is 0 Å². The van der Waals surface area contributed by atoms with Gasteiger partial charge in [0.2, 0.25) is 0 Å². The van der Waals surface area contributed by atoms with Gasteiger partial charge in [-0.25, -0.2) is 27.2 Å². The number of anilines is 3. The van der Waals surface area contributed by atoms with Crippen LogP contribution < -0.4 is 14.9 Å². The van der Waals surface area contributed by atoms with Gasteiger partial charge in [-0.05, 0) is 74.1 Å². The maximum absolute atomic E-state index is 16.2. The van der Waals surface area contributed by atoms with Gasteiger partial charge in [0.25, 0.3) is 15.7 Å². The SMILES string of the molecule is CN(C)CCC(CSc1ccccc1)Nc1ccc(S(=O)(=O)Nc2ncnc3c(F)c(N4CCN(Cc5ccccc5-c5ccccc5)CC4)c(F)cc23)cc1[N+](=O)[O-]. The van der Waals surface area contributed by atoms with E-state index in [2.05, 4.69) is 49.2 Å². The van der Waals surface area contributed by atoms with Crippen LogP contribution >= 0.6 is 11.8 Å². The lowest BCUT2D eigenvalue weighted by atomic mass is 9.99. The average molecular weight is 839 g/mol. The van der Waals surface area contributed by atoms with Gasteiger partial charge in [0, 0.05) is 60.9 Å². The number of aromatic nitrogens is 2. The van der Waals surface area contributed by atoms with Crippen molar-refractivity contribution >= 4 is 55.6 Å². The average Bonchev–Trinajstić information content (AvgIpc) is 3.23. The number of benzene rings is 5. The van der Waals surface area contributed by atoms with E-state index in [0.29, 0.717) is 51.4 Å². The van der Waals surface area contributed by atoms with Crippen molar-refractivity contribution in [1.82, 2.24) is 19.8 Å². The molecule has 1 aliphatic heterocycles. The molecule has 1 unspecified atom stereocenters. The molecule has 0 spiro atoms. The number of nitrogens with zero attached hydrogens (tertiary/aromatic N) is 6. The zero-order valence-electron chi connectivity index (χ0n) is 32.6. The van der Waals surface area contributed by atoms with E-state index in [9.17, 15) is 18.5 Å². The van der Waals surface area contributed by atoms with Gasteiger partial charge in [-0.1, -0.05) is 72.8 Å². The lowest BCUT2D eigenvalue weighted by Gasteiger charge is -2.36. The molecule has 2 heterocycles. The number of piperazine rings is 1. The van der Waals surface area contributed by atoms with Gasteiger partial charge < -0.3 is 15.1 Å². The summed E-state index contributed by atoms with van der Waals surface area (Å²) in [5, 5.41) is 15.4. The van der Waals surface area contributed by atoms with Crippen molar-refractivity contribution < 1.29 is 22.1 Å². The summed E-state index contributed by atoms with van der Waals surface area (Å²) in [5.41, 5.74) is 2.61. The number of thioether (sulfide) groups is 1. The van der Waals surface area contributed by atoms with Gasteiger partial charge in [-0.2, -0.15) is 0 Å². The van der Waals surface area contributed by atoms with Crippen LogP contribution in [-0.4, -0.2) is 91.7 Å². The third kappa shape index (κ3) is 9.96. The summed E-state index contributed by atoms with van der Waals surface area (Å²) in [6.45, 7) is 3.20. The molecule has 1 fully saturated rings. The van der Waals surface area contributed by atoms with E-state index >= 15 is 8.78 Å². The maximum atomic E-state index is 16.2. The van der Waals surface area contributed by atoms with E-state index in [0.717, 1.165) is 40.0 Å². The van der Waals surface area contributed by atoms with Crippen molar-refractivity contribution in [1.29, 1.82) is 0 Å². The van der Waals surface area contributed by atoms with E-state index in [1.165, 1.54) is 12.1 Å². The van der Waals surface area contributed by atoms with Gasteiger partial charge in [-0.15, -0.1) is 11.8 Å². The maximum Gasteiger partial charge on any atom is 0.293 e. The molecule has 0 radical (unpaired) electrons. The fourth-order valence-electron chi connectivity index (χ4n) is 7.10. The number of nitrogens with one attached hydrogen (secondary N) is 2. The van der Waals surface area contributed by atoms with Crippen LogP contribution in [-0.2, 0) is 16.6 Å². The molecule has 2 N–H and O–H groups in total. The third-order valence-corrected chi connectivity index (χ3v) is 12.7. The van der Waals surface area contributed by atoms with E-state index in [-0.39, 0.29) is 34.1 Å². The van der Waals surface area contributed by atoms with Gasteiger partial charge in [0.1, 0.15) is 29.0 Å². The van der Waals surface area contributed by atoms with Crippen LogP contribution in [0.5, 0.6) is 0 Å². The number of rotatable bonds is 16. The molecule has 1 saturated heterocycles. The summed E-state index contributed by atoms with van der Waals surface area (Å²) >= 11 is 1.61. The number of hydrogen-bond acceptors (Lipinski definition) is 11. The highest BCUT2D eigenvalue weighted by Crippen LogP contribution is 2.35. The van der Waals surface area contributed by atoms with Crippen LogP contribution in [0.1, 0.15) is 12.0 Å². The second-order valence-electron chi connectivity index (χ2n) is 14.5. The summed E-state index contributed by atoms with van der Waals surface area (Å²) in [6, 6.07) is 32.5. The van der Waals surface area contributed by atoms with Crippen LogP contribution in [0.3, 0.4) is 0 Å². The number of halogens is 2. The van der Waals surface area contributed by atoms with Gasteiger partial charge >= 0.3 is 0 Å². The number of hydrogen-bond donors (Lipinski definition) is 2. The molecule has 7 rings (SSSR count). The standard InChI is InChI=1S/C43H44F2N8O4S2/c1-50(2)20-19-32(28-58-33-14-7-4-8-15-33)48-38-18-17-34(25-39(38)53(54)55)59(56,57)49-43-36-26-37(44)42(40(45)41(36)46-29-47-43)52-23-21-51(22-24-52)27-31-13-9-10-16-35(31)30-11-5-3-6-12-30/h3-18,25-26,29,32,48H,19-24,27-28H2,1-2H3,(H,46,47,49). The Morgan fingerprint density at radius 3 is 2.31 bits per heavy atom. The zero-order valence-corrected chi connectivity index (χ0v) is 34.2. The molecule has 306 valence electrons. The van der Waals surface area contributed by atoms with Gasteiger partial charge in [0.15, 0.2) is 11.6 Å². The van der Waals surface area contributed by atoms with Crippen molar-refractivity contribution in [2.45, 2.75) is 28.8 Å². The summed E-state index contributed by atoms with van der Waals surface area (Å²) in [6.07, 6.45) is 1.66. The zero-order chi connectivity index (χ0) is 41.5. The normalized spacial score (nSPS) is 14.1. The van der Waals surface area contributed by atoms with E-state index in [1.807, 2.05) is 79.7 Å². The second-order valence-corrected chi connectivity index (χ2v) is 17.3. The number of nitro benzene ring substituents is 1. The van der Waals surface area contributed by atoms with Crippen LogP contribution in [0.15, 0.2) is 125 Å². The van der Waals surface area contributed by atoms with Crippen molar-refractivity contribution in [2.24, 2.45) is 0 Å². The fraction of sp³-hybridized carbons (Fsp3) is 0.256. The first-order chi connectivity index (χ1) is 28.5. The third-order valence-electron chi connectivity index (χ3n) is 10.2. The minimum Gasteiger partial charge on any atom is -0.376 e. The summed E-state index contributed by atoms with van der Waals surface area (Å²) in [4.78, 5) is 26.2. The minimum absolute atomic E-state index is 0.161. The minimum atomic E-state index is -4.53. The lowest BCUT2D eigenvalue weighted by molar-refractivity contribution is -0.384. The Morgan fingerprint density at radius 2 is 1.59 bits per heavy atom. The van der Waals surface area contributed by atoms with Crippen molar-refractivity contribution in [3.8, 4) is 11.1 Å². The predicted molar refractivity (Wildman–Crippen MR) is 230 cm³/mol. The molecule has 0 bridgehead atoms. The molecule has 0 aliphatic carbocycles. The van der Waals surface area contributed by atoms with Gasteiger partial charge in [-0.3, -0.25) is 19.7 Å². The molecule has 5 aromatic carbocycles. The molecule has 1 atom stereocenters. The molecule has 0 amide bonds. The molecule has 12 nitrogen and oxygen atoms in total. The Balaban J connectivity index is 1.07. The molecular weight excluding hydrogens is 795 g/mol. The number of fused-ring (bicyclic) bond motifs is 1. The Kier molecular flexibility index (Phi) is 13.0. The van der Waals surface area contributed by atoms with E-state index < -0.39 is 37.2 Å². The van der Waals surface area contributed by atoms with E-state index in [4.69, 9.17) is 0 Å². The first kappa shape index (κ1) is 41.5. The van der Waals surface area contributed by atoms with E-state index in [1.54, 1.807) is 16.7 Å². The first-order valence-corrected chi connectivity index (χ1v) is 21.6. The van der Waals surface area contributed by atoms with Crippen LogP contribution in [0.4, 0.5) is 31.7 Å². The Hall–Kier alpha value is -5.68. The number of nitro groups is 1. The molecule has 6 aromatic rings. The largest absolute Gasteiger partial charge is 0.376 e. The highest BCUT2D eigenvalue weighted by atomic mass is 32.2. The molecule has 1 aliphatic rings. The molecule has 59 heavy (non-hydrogen) atoms. The van der Waals surface area contributed by atoms with Crippen LogP contribution in [0, 0.1) is 21.7 Å². The van der Waals surface area contributed by atoms with Crippen molar-refractivity contribution in [3.63, 3.8) is 0 Å². The predicted octanol–water partition coefficient (Wildman–Crippen LogP) is 8.13. The Bertz CT molecular complexity index is 2530. The monoisotopic (exact) mass is 838 g/mol. The fourth-order valence-corrected chi connectivity index (χ4v) is 9.14. The molecular formula is C43H44F2N8O4S2. The Morgan fingerprint density at radius 1 is 0.898 bits per heavy atom. The van der Waals surface area contributed by atoms with Gasteiger partial charge in [0.05, 0.1) is 9.82 Å². The lowest BCUT2D eigenvalue weighted by Crippen LogP contribution is -2.46. The topological polar surface area (TPSA) is 137 Å². The van der Waals surface area contributed by atoms with Crippen LogP contribution in [0.25, 0.3) is 22.0 Å². The highest BCUT2D eigenvalue weighted by molar-refractivity contribution is 7.99. The smallest absolute Gasteiger partial charge is 0.293 e.